The van der Waals surface area contributed by atoms with Crippen molar-refractivity contribution < 1.29 is 4.74 Å². The molecule has 0 aliphatic rings. The molecule has 0 aliphatic carbocycles. The van der Waals surface area contributed by atoms with E-state index in [1.807, 2.05) is 49.5 Å². The molecule has 0 radical (unpaired) electrons. The first-order valence-corrected chi connectivity index (χ1v) is 10.6. The molecule has 6 heteroatoms. The van der Waals surface area contributed by atoms with Gasteiger partial charge in [0.15, 0.2) is 5.13 Å². The van der Waals surface area contributed by atoms with Crippen molar-refractivity contribution in [1.29, 1.82) is 0 Å². The van der Waals surface area contributed by atoms with E-state index in [4.69, 9.17) is 4.74 Å². The van der Waals surface area contributed by atoms with E-state index in [1.54, 1.807) is 17.5 Å². The van der Waals surface area contributed by atoms with Crippen molar-refractivity contribution in [3.05, 3.63) is 88.5 Å². The Bertz CT molecular complexity index is 1210. The summed E-state index contributed by atoms with van der Waals surface area (Å²) < 4.78 is 5.52. The number of benzene rings is 2. The lowest BCUT2D eigenvalue weighted by Crippen LogP contribution is -2.06. The number of hydrogen-bond donors (Lipinski definition) is 2. The number of anilines is 2. The van der Waals surface area contributed by atoms with Gasteiger partial charge in [0.2, 0.25) is 0 Å². The molecule has 0 atom stereocenters. The molecule has 4 rings (SSSR count). The highest BCUT2D eigenvalue weighted by molar-refractivity contribution is 7.18. The van der Waals surface area contributed by atoms with Gasteiger partial charge in [0.25, 0.3) is 5.56 Å². The Morgan fingerprint density at radius 1 is 1.10 bits per heavy atom. The second-order valence-electron chi connectivity index (χ2n) is 6.93. The maximum Gasteiger partial charge on any atom is 0.255 e. The van der Waals surface area contributed by atoms with Crippen molar-refractivity contribution in [1.82, 2.24) is 9.97 Å². The first-order chi connectivity index (χ1) is 14.6. The lowest BCUT2D eigenvalue weighted by Gasteiger charge is -2.09. The molecule has 2 N–H and O–H groups in total. The largest absolute Gasteiger partial charge is 0.377 e. The van der Waals surface area contributed by atoms with Gasteiger partial charge in [-0.05, 0) is 60.4 Å². The first kappa shape index (κ1) is 20.1. The fraction of sp³-hybridized carbons (Fsp3) is 0.167. The summed E-state index contributed by atoms with van der Waals surface area (Å²) in [4.78, 5) is 20.4. The normalized spacial score (nSPS) is 10.9. The smallest absolute Gasteiger partial charge is 0.255 e. The van der Waals surface area contributed by atoms with Gasteiger partial charge in [-0.15, -0.1) is 0 Å². The number of nitrogens with zero attached hydrogens (tertiary/aromatic N) is 1. The molecule has 2 aromatic carbocycles. The number of H-pyrrole nitrogens is 1. The third kappa shape index (κ3) is 4.50. The maximum absolute atomic E-state index is 12.1. The van der Waals surface area contributed by atoms with E-state index >= 15 is 0 Å². The number of aromatic amines is 1. The lowest BCUT2D eigenvalue weighted by molar-refractivity contribution is 0.134. The number of thiazole rings is 1. The third-order valence-electron chi connectivity index (χ3n) is 4.80. The Labute approximate surface area is 179 Å². The summed E-state index contributed by atoms with van der Waals surface area (Å²) in [5.74, 6) is 0. The van der Waals surface area contributed by atoms with Gasteiger partial charge < -0.3 is 15.0 Å². The van der Waals surface area contributed by atoms with Crippen LogP contribution in [0.1, 0.15) is 18.1 Å². The van der Waals surface area contributed by atoms with E-state index in [0.717, 1.165) is 37.9 Å². The van der Waals surface area contributed by atoms with Gasteiger partial charge >= 0.3 is 0 Å². The number of ether oxygens (including phenoxy) is 1. The van der Waals surface area contributed by atoms with Gasteiger partial charge in [-0.2, -0.15) is 0 Å². The number of nitrogens with one attached hydrogen (secondary N) is 2. The predicted octanol–water partition coefficient (Wildman–Crippen LogP) is 5.75. The van der Waals surface area contributed by atoms with Crippen LogP contribution in [0.2, 0.25) is 0 Å². The molecule has 2 aromatic heterocycles. The molecule has 5 nitrogen and oxygen atoms in total. The van der Waals surface area contributed by atoms with E-state index in [-0.39, 0.29) is 5.56 Å². The highest BCUT2D eigenvalue weighted by Crippen LogP contribution is 2.33. The number of rotatable bonds is 7. The molecule has 0 saturated carbocycles. The number of pyridine rings is 1. The monoisotopic (exact) mass is 417 g/mol. The molecule has 0 unspecified atom stereocenters. The fourth-order valence-electron chi connectivity index (χ4n) is 3.18. The Morgan fingerprint density at radius 3 is 2.80 bits per heavy atom. The summed E-state index contributed by atoms with van der Waals surface area (Å²) in [5.41, 5.74) is 5.78. The quantitative estimate of drug-likeness (QED) is 0.401. The number of hydrogen-bond acceptors (Lipinski definition) is 5. The number of aromatic nitrogens is 2. The van der Waals surface area contributed by atoms with Gasteiger partial charge in [0.1, 0.15) is 0 Å². The van der Waals surface area contributed by atoms with Crippen LogP contribution < -0.4 is 10.9 Å². The Hall–Kier alpha value is -3.22. The minimum Gasteiger partial charge on any atom is -0.377 e. The first-order valence-electron chi connectivity index (χ1n) is 9.82. The average molecular weight is 418 g/mol. The topological polar surface area (TPSA) is 67.0 Å². The third-order valence-corrected chi connectivity index (χ3v) is 5.76. The minimum atomic E-state index is -0.0938. The van der Waals surface area contributed by atoms with E-state index in [2.05, 4.69) is 40.4 Å². The molecular weight excluding hydrogens is 394 g/mol. The van der Waals surface area contributed by atoms with Crippen molar-refractivity contribution in [2.75, 3.05) is 11.9 Å². The minimum absolute atomic E-state index is 0.0938. The van der Waals surface area contributed by atoms with Crippen LogP contribution in [0.15, 0.2) is 71.8 Å². The maximum atomic E-state index is 12.1. The summed E-state index contributed by atoms with van der Waals surface area (Å²) >= 11 is 1.58. The zero-order valence-corrected chi connectivity index (χ0v) is 17.8. The van der Waals surface area contributed by atoms with Gasteiger partial charge in [-0.1, -0.05) is 41.7 Å². The summed E-state index contributed by atoms with van der Waals surface area (Å²) in [6.45, 7) is 5.36. The van der Waals surface area contributed by atoms with Crippen LogP contribution in [0.5, 0.6) is 0 Å². The Balaban J connectivity index is 1.58. The molecular formula is C24H23N3O2S. The molecule has 0 aliphatic heterocycles. The molecule has 30 heavy (non-hydrogen) atoms. The zero-order valence-electron chi connectivity index (χ0n) is 16.9. The standard InChI is InChI=1S/C24H23N3O2S/c1-3-29-15-17-10-9-16(2)21(12-17)27-24-26-14-22(30-24)19-7-4-6-18(13-19)20-8-5-11-25-23(20)28/h4-14H,3,15H2,1-2H3,(H,25,28)(H,26,27). The molecule has 0 saturated heterocycles. The molecule has 0 fully saturated rings. The van der Waals surface area contributed by atoms with Crippen LogP contribution in [-0.4, -0.2) is 16.6 Å². The fourth-order valence-corrected chi connectivity index (χ4v) is 4.01. The number of aryl methyl sites for hydroxylation is 1. The highest BCUT2D eigenvalue weighted by atomic mass is 32.1. The lowest BCUT2D eigenvalue weighted by atomic mass is 10.0. The van der Waals surface area contributed by atoms with Crippen LogP contribution in [0.3, 0.4) is 0 Å². The van der Waals surface area contributed by atoms with Crippen LogP contribution in [0, 0.1) is 6.92 Å². The van der Waals surface area contributed by atoms with Crippen molar-refractivity contribution in [3.63, 3.8) is 0 Å². The second kappa shape index (κ2) is 9.07. The van der Waals surface area contributed by atoms with Crippen LogP contribution in [-0.2, 0) is 11.3 Å². The zero-order chi connectivity index (χ0) is 20.9. The van der Waals surface area contributed by atoms with Gasteiger partial charge in [0.05, 0.1) is 11.5 Å². The van der Waals surface area contributed by atoms with Gasteiger partial charge in [-0.3, -0.25) is 4.79 Å². The summed E-state index contributed by atoms with van der Waals surface area (Å²) in [5, 5.41) is 4.26. The van der Waals surface area contributed by atoms with E-state index < -0.39 is 0 Å². The van der Waals surface area contributed by atoms with Gasteiger partial charge in [0, 0.05) is 30.3 Å². The second-order valence-corrected chi connectivity index (χ2v) is 7.97. The SMILES string of the molecule is CCOCc1ccc(C)c(Nc2ncc(-c3cccc(-c4ccc[nH]c4=O)c3)s2)c1. The van der Waals surface area contributed by atoms with E-state index in [1.165, 1.54) is 0 Å². The molecule has 4 aromatic rings. The van der Waals surface area contributed by atoms with Crippen molar-refractivity contribution in [3.8, 4) is 21.6 Å². The highest BCUT2D eigenvalue weighted by Gasteiger charge is 2.09. The van der Waals surface area contributed by atoms with Gasteiger partial charge in [-0.25, -0.2) is 4.98 Å². The summed E-state index contributed by atoms with van der Waals surface area (Å²) in [6, 6.07) is 17.9. The molecule has 152 valence electrons. The summed E-state index contributed by atoms with van der Waals surface area (Å²) in [7, 11) is 0. The Kier molecular flexibility index (Phi) is 6.07. The van der Waals surface area contributed by atoms with E-state index in [0.29, 0.717) is 18.8 Å². The molecule has 0 bridgehead atoms. The van der Waals surface area contributed by atoms with Crippen molar-refractivity contribution in [2.24, 2.45) is 0 Å². The van der Waals surface area contributed by atoms with Crippen molar-refractivity contribution in [2.45, 2.75) is 20.5 Å². The summed E-state index contributed by atoms with van der Waals surface area (Å²) in [6.07, 6.45) is 3.50. The molecule has 0 spiro atoms. The van der Waals surface area contributed by atoms with Crippen LogP contribution >= 0.6 is 11.3 Å². The molecule has 2 heterocycles. The van der Waals surface area contributed by atoms with Crippen LogP contribution in [0.4, 0.5) is 10.8 Å². The average Bonchev–Trinajstić information content (AvgIpc) is 3.23. The van der Waals surface area contributed by atoms with Crippen LogP contribution in [0.25, 0.3) is 21.6 Å². The Morgan fingerprint density at radius 2 is 1.97 bits per heavy atom. The molecule has 0 amide bonds. The van der Waals surface area contributed by atoms with Crippen molar-refractivity contribution >= 4 is 22.2 Å². The predicted molar refractivity (Wildman–Crippen MR) is 123 cm³/mol. The van der Waals surface area contributed by atoms with E-state index in [9.17, 15) is 4.79 Å².